The van der Waals surface area contributed by atoms with Gasteiger partial charge < -0.3 is 9.84 Å². The summed E-state index contributed by atoms with van der Waals surface area (Å²) >= 11 is 0. The van der Waals surface area contributed by atoms with Gasteiger partial charge in [-0.3, -0.25) is 10.1 Å². The summed E-state index contributed by atoms with van der Waals surface area (Å²) in [6.07, 6.45) is 1.99. The van der Waals surface area contributed by atoms with Crippen molar-refractivity contribution in [3.8, 4) is 5.75 Å². The van der Waals surface area contributed by atoms with Gasteiger partial charge in [-0.15, -0.1) is 6.58 Å². The SMILES string of the molecule is C=CCNC(C)(Cc1ccccc1OC)C(=O)O. The van der Waals surface area contributed by atoms with Crippen molar-refractivity contribution < 1.29 is 14.6 Å². The number of para-hydroxylation sites is 1. The van der Waals surface area contributed by atoms with Crippen LogP contribution in [0.4, 0.5) is 0 Å². The largest absolute Gasteiger partial charge is 0.496 e. The molecule has 2 N–H and O–H groups in total. The molecule has 0 radical (unpaired) electrons. The standard InChI is InChI=1S/C14H19NO3/c1-4-9-15-14(2,13(16)17)10-11-7-5-6-8-12(11)18-3/h4-8,15H,1,9-10H2,2-3H3,(H,16,17). The number of methoxy groups -OCH3 is 1. The molecule has 0 spiro atoms. The quantitative estimate of drug-likeness (QED) is 0.724. The first-order valence-electron chi connectivity index (χ1n) is 5.74. The summed E-state index contributed by atoms with van der Waals surface area (Å²) in [5.41, 5.74) is -0.176. The Morgan fingerprint density at radius 1 is 1.56 bits per heavy atom. The van der Waals surface area contributed by atoms with E-state index in [1.165, 1.54) is 0 Å². The van der Waals surface area contributed by atoms with Crippen molar-refractivity contribution in [1.82, 2.24) is 5.32 Å². The molecule has 0 bridgehead atoms. The Bertz CT molecular complexity index is 431. The number of aliphatic carboxylic acids is 1. The first kappa shape index (κ1) is 14.3. The van der Waals surface area contributed by atoms with E-state index in [-0.39, 0.29) is 0 Å². The summed E-state index contributed by atoms with van der Waals surface area (Å²) in [7, 11) is 1.58. The zero-order valence-corrected chi connectivity index (χ0v) is 10.8. The van der Waals surface area contributed by atoms with Crippen molar-refractivity contribution >= 4 is 5.97 Å². The molecule has 1 aromatic carbocycles. The van der Waals surface area contributed by atoms with Crippen LogP contribution in [0.1, 0.15) is 12.5 Å². The Morgan fingerprint density at radius 3 is 2.78 bits per heavy atom. The molecule has 0 fully saturated rings. The molecule has 0 aliphatic carbocycles. The maximum atomic E-state index is 11.4. The molecule has 4 nitrogen and oxygen atoms in total. The highest BCUT2D eigenvalue weighted by Gasteiger charge is 2.33. The molecule has 0 amide bonds. The molecule has 1 atom stereocenters. The van der Waals surface area contributed by atoms with Crippen LogP contribution >= 0.6 is 0 Å². The highest BCUT2D eigenvalue weighted by atomic mass is 16.5. The summed E-state index contributed by atoms with van der Waals surface area (Å²) in [6.45, 7) is 5.68. The molecule has 0 aromatic heterocycles. The fourth-order valence-corrected chi connectivity index (χ4v) is 1.74. The van der Waals surface area contributed by atoms with Gasteiger partial charge in [-0.25, -0.2) is 0 Å². The summed E-state index contributed by atoms with van der Waals surface area (Å²) in [5, 5.41) is 12.3. The van der Waals surface area contributed by atoms with Crippen molar-refractivity contribution in [2.75, 3.05) is 13.7 Å². The minimum absolute atomic E-state index is 0.347. The predicted octanol–water partition coefficient (Wildman–Crippen LogP) is 1.86. The van der Waals surface area contributed by atoms with E-state index in [4.69, 9.17) is 4.74 Å². The van der Waals surface area contributed by atoms with Crippen molar-refractivity contribution in [2.24, 2.45) is 0 Å². The molecular formula is C14H19NO3. The summed E-state index contributed by atoms with van der Waals surface area (Å²) in [6, 6.07) is 7.42. The van der Waals surface area contributed by atoms with Crippen LogP contribution in [0.2, 0.25) is 0 Å². The van der Waals surface area contributed by atoms with Gasteiger partial charge in [0.25, 0.3) is 0 Å². The van der Waals surface area contributed by atoms with E-state index < -0.39 is 11.5 Å². The van der Waals surface area contributed by atoms with Crippen LogP contribution in [0.3, 0.4) is 0 Å². The van der Waals surface area contributed by atoms with Gasteiger partial charge in [0.05, 0.1) is 7.11 Å². The summed E-state index contributed by atoms with van der Waals surface area (Å²) < 4.78 is 5.23. The average molecular weight is 249 g/mol. The molecule has 0 aliphatic rings. The van der Waals surface area contributed by atoms with Crippen LogP contribution in [-0.4, -0.2) is 30.3 Å². The first-order chi connectivity index (χ1) is 8.53. The maximum Gasteiger partial charge on any atom is 0.323 e. The van der Waals surface area contributed by atoms with Crippen LogP contribution in [0, 0.1) is 0 Å². The Morgan fingerprint density at radius 2 is 2.22 bits per heavy atom. The lowest BCUT2D eigenvalue weighted by Gasteiger charge is -2.26. The van der Waals surface area contributed by atoms with Gasteiger partial charge in [0.1, 0.15) is 11.3 Å². The van der Waals surface area contributed by atoms with E-state index in [2.05, 4.69) is 11.9 Å². The number of benzene rings is 1. The Hall–Kier alpha value is -1.81. The van der Waals surface area contributed by atoms with Crippen LogP contribution < -0.4 is 10.1 Å². The van der Waals surface area contributed by atoms with Gasteiger partial charge in [-0.1, -0.05) is 24.3 Å². The van der Waals surface area contributed by atoms with Crippen molar-refractivity contribution in [3.05, 3.63) is 42.5 Å². The zero-order chi connectivity index (χ0) is 13.6. The highest BCUT2D eigenvalue weighted by Crippen LogP contribution is 2.23. The van der Waals surface area contributed by atoms with Crippen molar-refractivity contribution in [2.45, 2.75) is 18.9 Å². The number of carbonyl (C=O) groups is 1. The minimum Gasteiger partial charge on any atom is -0.496 e. The molecule has 1 rings (SSSR count). The molecule has 0 saturated carbocycles. The van der Waals surface area contributed by atoms with E-state index >= 15 is 0 Å². The monoisotopic (exact) mass is 249 g/mol. The van der Waals surface area contributed by atoms with E-state index in [9.17, 15) is 9.90 Å². The predicted molar refractivity (Wildman–Crippen MR) is 70.9 cm³/mol. The number of ether oxygens (including phenoxy) is 1. The lowest BCUT2D eigenvalue weighted by molar-refractivity contribution is -0.144. The number of carboxylic acid groups (broad SMARTS) is 1. The maximum absolute atomic E-state index is 11.4. The van der Waals surface area contributed by atoms with Crippen LogP contribution in [0.15, 0.2) is 36.9 Å². The second-order valence-corrected chi connectivity index (χ2v) is 4.30. The molecule has 0 saturated heterocycles. The van der Waals surface area contributed by atoms with E-state index in [0.29, 0.717) is 18.7 Å². The van der Waals surface area contributed by atoms with E-state index in [1.54, 1.807) is 20.1 Å². The number of hydrogen-bond acceptors (Lipinski definition) is 3. The van der Waals surface area contributed by atoms with Gasteiger partial charge in [-0.05, 0) is 18.6 Å². The smallest absolute Gasteiger partial charge is 0.323 e. The molecule has 0 heterocycles. The van der Waals surface area contributed by atoms with Gasteiger partial charge >= 0.3 is 5.97 Å². The van der Waals surface area contributed by atoms with Gasteiger partial charge in [0.2, 0.25) is 0 Å². The molecule has 18 heavy (non-hydrogen) atoms. The number of nitrogens with one attached hydrogen (secondary N) is 1. The van der Waals surface area contributed by atoms with Gasteiger partial charge in [-0.2, -0.15) is 0 Å². The lowest BCUT2D eigenvalue weighted by atomic mass is 9.92. The fraction of sp³-hybridized carbons (Fsp3) is 0.357. The van der Waals surface area contributed by atoms with E-state index in [1.807, 2.05) is 24.3 Å². The lowest BCUT2D eigenvalue weighted by Crippen LogP contribution is -2.51. The van der Waals surface area contributed by atoms with Crippen molar-refractivity contribution in [3.63, 3.8) is 0 Å². The van der Waals surface area contributed by atoms with Crippen LogP contribution in [-0.2, 0) is 11.2 Å². The zero-order valence-electron chi connectivity index (χ0n) is 10.8. The van der Waals surface area contributed by atoms with Gasteiger partial charge in [0.15, 0.2) is 0 Å². The third kappa shape index (κ3) is 3.34. The van der Waals surface area contributed by atoms with Crippen LogP contribution in [0.5, 0.6) is 5.75 Å². The second-order valence-electron chi connectivity index (χ2n) is 4.30. The Balaban J connectivity index is 2.95. The topological polar surface area (TPSA) is 58.6 Å². The normalized spacial score (nSPS) is 13.7. The van der Waals surface area contributed by atoms with Gasteiger partial charge in [0, 0.05) is 13.0 Å². The third-order valence-corrected chi connectivity index (χ3v) is 2.85. The second kappa shape index (κ2) is 6.21. The number of hydrogen-bond donors (Lipinski definition) is 2. The summed E-state index contributed by atoms with van der Waals surface area (Å²) in [5.74, 6) is -0.194. The third-order valence-electron chi connectivity index (χ3n) is 2.85. The van der Waals surface area contributed by atoms with E-state index in [0.717, 1.165) is 5.56 Å². The molecule has 1 unspecified atom stereocenters. The highest BCUT2D eigenvalue weighted by molar-refractivity contribution is 5.79. The number of rotatable bonds is 7. The number of carboxylic acids is 1. The fourth-order valence-electron chi connectivity index (χ4n) is 1.74. The van der Waals surface area contributed by atoms with Crippen molar-refractivity contribution in [1.29, 1.82) is 0 Å². The summed E-state index contributed by atoms with van der Waals surface area (Å²) in [4.78, 5) is 11.4. The Labute approximate surface area is 107 Å². The molecule has 0 aliphatic heterocycles. The molecular weight excluding hydrogens is 230 g/mol. The molecule has 98 valence electrons. The average Bonchev–Trinajstić information content (AvgIpc) is 2.37. The van der Waals surface area contributed by atoms with Crippen LogP contribution in [0.25, 0.3) is 0 Å². The Kier molecular flexibility index (Phi) is 4.92. The molecule has 1 aromatic rings. The first-order valence-corrected chi connectivity index (χ1v) is 5.74. The minimum atomic E-state index is -1.04. The molecule has 4 heteroatoms.